The van der Waals surface area contributed by atoms with E-state index in [0.29, 0.717) is 0 Å². The first-order chi connectivity index (χ1) is 10.6. The number of anilines is 1. The van der Waals surface area contributed by atoms with Crippen molar-refractivity contribution in [2.75, 3.05) is 25.0 Å². The topological polar surface area (TPSA) is 54.3 Å². The van der Waals surface area contributed by atoms with E-state index in [2.05, 4.69) is 15.0 Å². The van der Waals surface area contributed by atoms with Gasteiger partial charge in [0.15, 0.2) is 0 Å². The summed E-state index contributed by atoms with van der Waals surface area (Å²) in [5.74, 6) is 2.44. The van der Waals surface area contributed by atoms with Crippen LogP contribution in [0.25, 0.3) is 0 Å². The van der Waals surface area contributed by atoms with Gasteiger partial charge in [0.1, 0.15) is 6.33 Å². The number of likely N-dealkylation sites (tertiary alicyclic amines) is 1. The first kappa shape index (κ1) is 13.8. The van der Waals surface area contributed by atoms with Crippen LogP contribution in [-0.4, -0.2) is 45.7 Å². The third-order valence-corrected chi connectivity index (χ3v) is 5.78. The lowest BCUT2D eigenvalue weighted by Crippen LogP contribution is -2.39. The largest absolute Gasteiger partial charge is 0.338 e. The van der Waals surface area contributed by atoms with Gasteiger partial charge in [-0.15, -0.1) is 0 Å². The number of allylic oxidation sites excluding steroid dienone is 1. The van der Waals surface area contributed by atoms with E-state index >= 15 is 0 Å². The zero-order valence-corrected chi connectivity index (χ0v) is 13.5. The molecule has 0 unspecified atom stereocenters. The Morgan fingerprint density at radius 2 is 1.95 bits per heavy atom. The van der Waals surface area contributed by atoms with Gasteiger partial charge < -0.3 is 9.80 Å². The van der Waals surface area contributed by atoms with Crippen molar-refractivity contribution in [2.45, 2.75) is 39.2 Å². The van der Waals surface area contributed by atoms with Gasteiger partial charge in [0.2, 0.25) is 5.95 Å². The summed E-state index contributed by atoms with van der Waals surface area (Å²) in [6, 6.07) is -0.0540. The number of rotatable bonds is 1. The SMILES string of the molecule is CC1=C(C(=O)N2C[C@H]3CCC[C@H]3C2)[C@H](C)n2ncnc2N1C. The molecule has 0 radical (unpaired) electrons. The molecule has 3 atom stereocenters. The molecule has 1 aromatic rings. The fourth-order valence-electron chi connectivity index (χ4n) is 4.42. The molecule has 22 heavy (non-hydrogen) atoms. The summed E-state index contributed by atoms with van der Waals surface area (Å²) in [5.41, 5.74) is 1.86. The Morgan fingerprint density at radius 3 is 2.64 bits per heavy atom. The molecule has 0 aromatic carbocycles. The summed E-state index contributed by atoms with van der Waals surface area (Å²) >= 11 is 0. The summed E-state index contributed by atoms with van der Waals surface area (Å²) in [5, 5.41) is 4.30. The van der Waals surface area contributed by atoms with E-state index in [1.54, 1.807) is 6.33 Å². The van der Waals surface area contributed by atoms with E-state index in [4.69, 9.17) is 0 Å². The van der Waals surface area contributed by atoms with Crippen molar-refractivity contribution >= 4 is 11.9 Å². The monoisotopic (exact) mass is 301 g/mol. The van der Waals surface area contributed by atoms with Gasteiger partial charge in [-0.05, 0) is 38.5 Å². The molecule has 2 fully saturated rings. The molecular weight excluding hydrogens is 278 g/mol. The Hall–Kier alpha value is -1.85. The molecule has 1 saturated carbocycles. The van der Waals surface area contributed by atoms with Crippen LogP contribution in [0.2, 0.25) is 0 Å². The van der Waals surface area contributed by atoms with Crippen LogP contribution >= 0.6 is 0 Å². The molecule has 1 amide bonds. The fraction of sp³-hybridized carbons (Fsp3) is 0.688. The molecular formula is C16H23N5O. The Kier molecular flexibility index (Phi) is 3.03. The summed E-state index contributed by atoms with van der Waals surface area (Å²) in [6.45, 7) is 5.92. The van der Waals surface area contributed by atoms with Crippen LogP contribution in [0.5, 0.6) is 0 Å². The number of fused-ring (bicyclic) bond motifs is 2. The Morgan fingerprint density at radius 1 is 1.27 bits per heavy atom. The Balaban J connectivity index is 1.64. The van der Waals surface area contributed by atoms with E-state index in [0.717, 1.165) is 42.1 Å². The molecule has 1 aromatic heterocycles. The predicted molar refractivity (Wildman–Crippen MR) is 83.2 cm³/mol. The zero-order valence-electron chi connectivity index (χ0n) is 13.5. The smallest absolute Gasteiger partial charge is 0.253 e. The second-order valence-corrected chi connectivity index (χ2v) is 6.90. The molecule has 0 bridgehead atoms. The minimum Gasteiger partial charge on any atom is -0.338 e. The van der Waals surface area contributed by atoms with E-state index < -0.39 is 0 Å². The molecule has 2 aliphatic heterocycles. The number of hydrogen-bond donors (Lipinski definition) is 0. The predicted octanol–water partition coefficient (Wildman–Crippen LogP) is 1.82. The lowest BCUT2D eigenvalue weighted by molar-refractivity contribution is -0.127. The highest BCUT2D eigenvalue weighted by atomic mass is 16.2. The first-order valence-corrected chi connectivity index (χ1v) is 8.21. The minimum absolute atomic E-state index is 0.0540. The number of carbonyl (C=O) groups excluding carboxylic acids is 1. The van der Waals surface area contributed by atoms with Crippen molar-refractivity contribution in [1.29, 1.82) is 0 Å². The number of nitrogens with zero attached hydrogens (tertiary/aromatic N) is 5. The summed E-state index contributed by atoms with van der Waals surface area (Å²) in [4.78, 5) is 21.4. The number of aromatic nitrogens is 3. The third-order valence-electron chi connectivity index (χ3n) is 5.78. The van der Waals surface area contributed by atoms with E-state index in [1.165, 1.54) is 19.3 Å². The van der Waals surface area contributed by atoms with Crippen LogP contribution in [0.4, 0.5) is 5.95 Å². The summed E-state index contributed by atoms with van der Waals surface area (Å²) in [7, 11) is 1.95. The van der Waals surface area contributed by atoms with Gasteiger partial charge in [-0.1, -0.05) is 6.42 Å². The van der Waals surface area contributed by atoms with Crippen LogP contribution in [0.3, 0.4) is 0 Å². The molecule has 3 heterocycles. The van der Waals surface area contributed by atoms with E-state index in [1.807, 2.05) is 30.5 Å². The maximum atomic E-state index is 13.1. The fourth-order valence-corrected chi connectivity index (χ4v) is 4.42. The Bertz CT molecular complexity index is 637. The standard InChI is InChI=1S/C16H23N5O/c1-10-14(11(2)21-16(19(10)3)17-9-18-21)15(22)20-7-12-5-4-6-13(12)8-20/h9,11-13H,4-8H2,1-3H3/t11-,12-,13+/m0/s1. The molecule has 3 aliphatic rings. The number of hydrogen-bond acceptors (Lipinski definition) is 4. The third kappa shape index (κ3) is 1.82. The van der Waals surface area contributed by atoms with Crippen molar-refractivity contribution in [3.05, 3.63) is 17.6 Å². The minimum atomic E-state index is -0.0540. The number of carbonyl (C=O) groups is 1. The quantitative estimate of drug-likeness (QED) is 0.794. The van der Waals surface area contributed by atoms with Crippen LogP contribution < -0.4 is 4.90 Å². The van der Waals surface area contributed by atoms with Crippen LogP contribution in [-0.2, 0) is 4.79 Å². The maximum absolute atomic E-state index is 13.1. The van der Waals surface area contributed by atoms with Gasteiger partial charge in [0, 0.05) is 25.8 Å². The second kappa shape index (κ2) is 4.83. The van der Waals surface area contributed by atoms with Gasteiger partial charge in [0.05, 0.1) is 11.6 Å². The van der Waals surface area contributed by atoms with Crippen molar-refractivity contribution in [1.82, 2.24) is 19.7 Å². The van der Waals surface area contributed by atoms with Gasteiger partial charge in [0.25, 0.3) is 5.91 Å². The first-order valence-electron chi connectivity index (χ1n) is 8.21. The molecule has 118 valence electrons. The van der Waals surface area contributed by atoms with Crippen LogP contribution in [0.15, 0.2) is 17.6 Å². The van der Waals surface area contributed by atoms with Crippen LogP contribution in [0.1, 0.15) is 39.2 Å². The molecule has 6 heteroatoms. The van der Waals surface area contributed by atoms with Gasteiger partial charge >= 0.3 is 0 Å². The average molecular weight is 301 g/mol. The van der Waals surface area contributed by atoms with Crippen molar-refractivity contribution < 1.29 is 4.79 Å². The lowest BCUT2D eigenvalue weighted by Gasteiger charge is -2.33. The summed E-state index contributed by atoms with van der Waals surface area (Å²) in [6.07, 6.45) is 5.47. The maximum Gasteiger partial charge on any atom is 0.253 e. The molecule has 1 saturated heterocycles. The van der Waals surface area contributed by atoms with E-state index in [-0.39, 0.29) is 11.9 Å². The normalized spacial score (nSPS) is 30.8. The molecule has 1 aliphatic carbocycles. The Labute approximate surface area is 130 Å². The van der Waals surface area contributed by atoms with Crippen molar-refractivity contribution in [3.63, 3.8) is 0 Å². The molecule has 0 N–H and O–H groups in total. The van der Waals surface area contributed by atoms with Crippen LogP contribution in [0, 0.1) is 11.8 Å². The summed E-state index contributed by atoms with van der Waals surface area (Å²) < 4.78 is 1.84. The van der Waals surface area contributed by atoms with Gasteiger partial charge in [-0.2, -0.15) is 10.1 Å². The second-order valence-electron chi connectivity index (χ2n) is 6.90. The zero-order chi connectivity index (χ0) is 15.4. The van der Waals surface area contributed by atoms with Crippen molar-refractivity contribution in [2.24, 2.45) is 11.8 Å². The highest BCUT2D eigenvalue weighted by molar-refractivity contribution is 5.96. The highest BCUT2D eigenvalue weighted by Crippen LogP contribution is 2.40. The highest BCUT2D eigenvalue weighted by Gasteiger charge is 2.41. The lowest BCUT2D eigenvalue weighted by atomic mass is 10.0. The molecule has 6 nitrogen and oxygen atoms in total. The number of amides is 1. The van der Waals surface area contributed by atoms with E-state index in [9.17, 15) is 4.79 Å². The van der Waals surface area contributed by atoms with Gasteiger partial charge in [-0.3, -0.25) is 4.79 Å². The molecule has 4 rings (SSSR count). The van der Waals surface area contributed by atoms with Crippen molar-refractivity contribution in [3.8, 4) is 0 Å². The molecule has 0 spiro atoms. The average Bonchev–Trinajstić information content (AvgIpc) is 3.19. The van der Waals surface area contributed by atoms with Gasteiger partial charge in [-0.25, -0.2) is 4.68 Å².